The van der Waals surface area contributed by atoms with Gasteiger partial charge in [0.1, 0.15) is 11.5 Å². The molecular weight excluding hydrogens is 332 g/mol. The molecule has 5 nitrogen and oxygen atoms in total. The third kappa shape index (κ3) is 2.91. The lowest BCUT2D eigenvalue weighted by Crippen LogP contribution is -2.07. The Hall–Kier alpha value is -3.60. The number of carbonyl (C=O) groups is 2. The van der Waals surface area contributed by atoms with Crippen LogP contribution in [0.3, 0.4) is 0 Å². The Labute approximate surface area is 149 Å². The first kappa shape index (κ1) is 15.9. The zero-order valence-electron chi connectivity index (χ0n) is 13.9. The second-order valence-electron chi connectivity index (χ2n) is 5.83. The van der Waals surface area contributed by atoms with Crippen LogP contribution in [0.4, 0.5) is 0 Å². The molecule has 0 saturated carbocycles. The van der Waals surface area contributed by atoms with Crippen molar-refractivity contribution in [2.75, 3.05) is 0 Å². The number of fused-ring (bicyclic) bond motifs is 1. The SMILES string of the molecule is Cc1cc(OC(=O)c2ccco2)cc2c1C(=O)/C(=C/c1ccccc1)O2. The van der Waals surface area contributed by atoms with Crippen LogP contribution in [-0.4, -0.2) is 11.8 Å². The van der Waals surface area contributed by atoms with Crippen molar-refractivity contribution in [2.24, 2.45) is 0 Å². The first-order chi connectivity index (χ1) is 12.6. The normalized spacial score (nSPS) is 14.2. The van der Waals surface area contributed by atoms with E-state index in [1.165, 1.54) is 18.4 Å². The van der Waals surface area contributed by atoms with Crippen LogP contribution in [-0.2, 0) is 0 Å². The summed E-state index contributed by atoms with van der Waals surface area (Å²) in [7, 11) is 0. The highest BCUT2D eigenvalue weighted by Gasteiger charge is 2.30. The molecule has 2 heterocycles. The maximum atomic E-state index is 12.6. The summed E-state index contributed by atoms with van der Waals surface area (Å²) >= 11 is 0. The molecule has 0 unspecified atom stereocenters. The van der Waals surface area contributed by atoms with E-state index < -0.39 is 5.97 Å². The molecule has 5 heteroatoms. The summed E-state index contributed by atoms with van der Waals surface area (Å²) in [4.78, 5) is 24.6. The molecule has 4 rings (SSSR count). The van der Waals surface area contributed by atoms with Crippen LogP contribution in [0, 0.1) is 6.92 Å². The first-order valence-electron chi connectivity index (χ1n) is 8.01. The molecular formula is C21H14O5. The van der Waals surface area contributed by atoms with Crippen molar-refractivity contribution in [1.29, 1.82) is 0 Å². The average Bonchev–Trinajstić information content (AvgIpc) is 3.25. The Morgan fingerprint density at radius 1 is 1.08 bits per heavy atom. The monoisotopic (exact) mass is 346 g/mol. The summed E-state index contributed by atoms with van der Waals surface area (Å²) in [5.41, 5.74) is 2.02. The highest BCUT2D eigenvalue weighted by atomic mass is 16.5. The molecule has 3 aromatic rings. The van der Waals surface area contributed by atoms with E-state index in [1.54, 1.807) is 25.1 Å². The van der Waals surface area contributed by atoms with Crippen molar-refractivity contribution in [1.82, 2.24) is 0 Å². The summed E-state index contributed by atoms with van der Waals surface area (Å²) in [5, 5.41) is 0. The minimum absolute atomic E-state index is 0.102. The van der Waals surface area contributed by atoms with Gasteiger partial charge in [-0.2, -0.15) is 0 Å². The largest absolute Gasteiger partial charge is 0.457 e. The van der Waals surface area contributed by atoms with Gasteiger partial charge in [0.05, 0.1) is 11.8 Å². The highest BCUT2D eigenvalue weighted by Crippen LogP contribution is 2.37. The number of allylic oxidation sites excluding steroid dienone is 1. The summed E-state index contributed by atoms with van der Waals surface area (Å²) in [5.74, 6) is 0.202. The number of Topliss-reactive ketones (excluding diaryl/α,β-unsaturated/α-hetero) is 1. The van der Waals surface area contributed by atoms with E-state index in [4.69, 9.17) is 13.9 Å². The number of furan rings is 1. The van der Waals surface area contributed by atoms with Crippen molar-refractivity contribution in [2.45, 2.75) is 6.92 Å². The number of esters is 1. The number of rotatable bonds is 3. The second kappa shape index (κ2) is 6.37. The molecule has 1 aromatic heterocycles. The fourth-order valence-corrected chi connectivity index (χ4v) is 2.79. The number of hydrogen-bond donors (Lipinski definition) is 0. The summed E-state index contributed by atoms with van der Waals surface area (Å²) in [6.45, 7) is 1.77. The number of ketones is 1. The summed E-state index contributed by atoms with van der Waals surface area (Å²) < 4.78 is 16.0. The van der Waals surface area contributed by atoms with E-state index in [0.29, 0.717) is 16.9 Å². The van der Waals surface area contributed by atoms with E-state index in [1.807, 2.05) is 30.3 Å². The van der Waals surface area contributed by atoms with Crippen LogP contribution in [0.2, 0.25) is 0 Å². The molecule has 1 aliphatic rings. The summed E-state index contributed by atoms with van der Waals surface area (Å²) in [6.07, 6.45) is 3.09. The van der Waals surface area contributed by atoms with E-state index in [0.717, 1.165) is 5.56 Å². The Bertz CT molecular complexity index is 1010. The smallest absolute Gasteiger partial charge is 0.379 e. The van der Waals surface area contributed by atoms with Gasteiger partial charge in [0.2, 0.25) is 11.5 Å². The summed E-state index contributed by atoms with van der Waals surface area (Å²) in [6, 6.07) is 15.7. The maximum Gasteiger partial charge on any atom is 0.379 e. The zero-order chi connectivity index (χ0) is 18.1. The molecule has 26 heavy (non-hydrogen) atoms. The fraction of sp³-hybridized carbons (Fsp3) is 0.0476. The lowest BCUT2D eigenvalue weighted by Gasteiger charge is -2.06. The number of aryl methyl sites for hydroxylation is 1. The van der Waals surface area contributed by atoms with E-state index in [9.17, 15) is 9.59 Å². The number of carbonyl (C=O) groups excluding carboxylic acids is 2. The van der Waals surface area contributed by atoms with Gasteiger partial charge in [-0.3, -0.25) is 4.79 Å². The third-order valence-electron chi connectivity index (χ3n) is 3.97. The maximum absolute atomic E-state index is 12.6. The standard InChI is InChI=1S/C21H14O5/c1-13-10-15(25-21(23)16-8-5-9-24-16)12-17-19(13)20(22)18(26-17)11-14-6-3-2-4-7-14/h2-12H,1H3/b18-11-. The predicted molar refractivity (Wildman–Crippen MR) is 94.2 cm³/mol. The van der Waals surface area contributed by atoms with Gasteiger partial charge in [0.25, 0.3) is 0 Å². The lowest BCUT2D eigenvalue weighted by molar-refractivity contribution is 0.0701. The van der Waals surface area contributed by atoms with Crippen LogP contribution < -0.4 is 9.47 Å². The molecule has 0 amide bonds. The molecule has 2 aromatic carbocycles. The van der Waals surface area contributed by atoms with Gasteiger partial charge in [-0.25, -0.2) is 4.79 Å². The molecule has 0 fully saturated rings. The Morgan fingerprint density at radius 3 is 2.62 bits per heavy atom. The van der Waals surface area contributed by atoms with Crippen LogP contribution in [0.15, 0.2) is 71.0 Å². The van der Waals surface area contributed by atoms with Crippen LogP contribution in [0.1, 0.15) is 32.0 Å². The zero-order valence-corrected chi connectivity index (χ0v) is 13.9. The van der Waals surface area contributed by atoms with Crippen LogP contribution >= 0.6 is 0 Å². The van der Waals surface area contributed by atoms with Crippen LogP contribution in [0.5, 0.6) is 11.5 Å². The molecule has 0 atom stereocenters. The predicted octanol–water partition coefficient (Wildman–Crippen LogP) is 4.42. The van der Waals surface area contributed by atoms with E-state index in [-0.39, 0.29) is 23.1 Å². The minimum Gasteiger partial charge on any atom is -0.457 e. The van der Waals surface area contributed by atoms with Gasteiger partial charge in [-0.1, -0.05) is 30.3 Å². The van der Waals surface area contributed by atoms with Gasteiger partial charge in [-0.05, 0) is 42.3 Å². The van der Waals surface area contributed by atoms with E-state index >= 15 is 0 Å². The quantitative estimate of drug-likeness (QED) is 0.399. The molecule has 0 N–H and O–H groups in total. The number of ether oxygens (including phenoxy) is 2. The number of hydrogen-bond acceptors (Lipinski definition) is 5. The van der Waals surface area contributed by atoms with Gasteiger partial charge < -0.3 is 13.9 Å². The van der Waals surface area contributed by atoms with Gasteiger partial charge in [0, 0.05) is 6.07 Å². The molecule has 0 saturated heterocycles. The topological polar surface area (TPSA) is 65.7 Å². The molecule has 128 valence electrons. The van der Waals surface area contributed by atoms with Crippen molar-refractivity contribution in [3.63, 3.8) is 0 Å². The lowest BCUT2D eigenvalue weighted by atomic mass is 10.0. The number of benzene rings is 2. The van der Waals surface area contributed by atoms with Crippen LogP contribution in [0.25, 0.3) is 6.08 Å². The van der Waals surface area contributed by atoms with Gasteiger partial charge in [-0.15, -0.1) is 0 Å². The molecule has 0 radical (unpaired) electrons. The van der Waals surface area contributed by atoms with Gasteiger partial charge in [0.15, 0.2) is 5.76 Å². The Kier molecular flexibility index (Phi) is 3.89. The van der Waals surface area contributed by atoms with Crippen molar-refractivity contribution < 1.29 is 23.5 Å². The van der Waals surface area contributed by atoms with E-state index in [2.05, 4.69) is 0 Å². The third-order valence-corrected chi connectivity index (χ3v) is 3.97. The molecule has 0 spiro atoms. The highest BCUT2D eigenvalue weighted by molar-refractivity contribution is 6.15. The van der Waals surface area contributed by atoms with Gasteiger partial charge >= 0.3 is 5.97 Å². The van der Waals surface area contributed by atoms with Crippen molar-refractivity contribution >= 4 is 17.8 Å². The second-order valence-corrected chi connectivity index (χ2v) is 5.83. The van der Waals surface area contributed by atoms with Crippen molar-refractivity contribution in [3.05, 3.63) is 89.1 Å². The first-order valence-corrected chi connectivity index (χ1v) is 8.01. The molecule has 0 bridgehead atoms. The Balaban J connectivity index is 1.63. The fourth-order valence-electron chi connectivity index (χ4n) is 2.79. The molecule has 1 aliphatic heterocycles. The average molecular weight is 346 g/mol. The minimum atomic E-state index is -0.612. The molecule has 0 aliphatic carbocycles. The van der Waals surface area contributed by atoms with Crippen molar-refractivity contribution in [3.8, 4) is 11.5 Å². The Morgan fingerprint density at radius 2 is 1.88 bits per heavy atom.